The summed E-state index contributed by atoms with van der Waals surface area (Å²) >= 11 is 0. The monoisotopic (exact) mass is 256 g/mol. The molecule has 0 rings (SSSR count). The molecule has 0 aromatic carbocycles. The van der Waals surface area contributed by atoms with Gasteiger partial charge in [-0.3, -0.25) is 4.79 Å². The number of methoxy groups -OCH3 is 1. The highest BCUT2D eigenvalue weighted by atomic mass is 19.4. The SMILES string of the molecule is CCCC(COC)NC(=O)CNCC(F)(F)F. The zero-order valence-corrected chi connectivity index (χ0v) is 10.1. The Hall–Kier alpha value is -0.820. The summed E-state index contributed by atoms with van der Waals surface area (Å²) in [6.07, 6.45) is -2.70. The molecule has 0 heterocycles. The Morgan fingerprint density at radius 2 is 2.06 bits per heavy atom. The van der Waals surface area contributed by atoms with Gasteiger partial charge in [0.25, 0.3) is 0 Å². The van der Waals surface area contributed by atoms with E-state index in [2.05, 4.69) is 5.32 Å². The standard InChI is InChI=1S/C10H19F3N2O2/c1-3-4-8(6-17-2)15-9(16)5-14-7-10(11,12)13/h8,14H,3-7H2,1-2H3,(H,15,16). The van der Waals surface area contributed by atoms with E-state index < -0.39 is 18.6 Å². The summed E-state index contributed by atoms with van der Waals surface area (Å²) in [5.41, 5.74) is 0. The van der Waals surface area contributed by atoms with Gasteiger partial charge in [0, 0.05) is 7.11 Å². The van der Waals surface area contributed by atoms with Crippen LogP contribution in [0.25, 0.3) is 0 Å². The average Bonchev–Trinajstić information content (AvgIpc) is 2.16. The molecule has 2 N–H and O–H groups in total. The molecule has 1 unspecified atom stereocenters. The Balaban J connectivity index is 3.81. The van der Waals surface area contributed by atoms with Gasteiger partial charge in [-0.2, -0.15) is 13.2 Å². The highest BCUT2D eigenvalue weighted by Crippen LogP contribution is 2.11. The van der Waals surface area contributed by atoms with Crippen LogP contribution >= 0.6 is 0 Å². The first-order chi connectivity index (χ1) is 7.89. The molecule has 17 heavy (non-hydrogen) atoms. The first-order valence-electron chi connectivity index (χ1n) is 5.44. The minimum atomic E-state index is -4.30. The van der Waals surface area contributed by atoms with Crippen molar-refractivity contribution in [1.29, 1.82) is 0 Å². The molecule has 0 bridgehead atoms. The lowest BCUT2D eigenvalue weighted by Crippen LogP contribution is -2.44. The lowest BCUT2D eigenvalue weighted by molar-refractivity contribution is -0.128. The maximum atomic E-state index is 11.8. The molecule has 1 atom stereocenters. The zero-order chi connectivity index (χ0) is 13.3. The fourth-order valence-electron chi connectivity index (χ4n) is 1.34. The summed E-state index contributed by atoms with van der Waals surface area (Å²) in [4.78, 5) is 11.3. The number of nitrogens with one attached hydrogen (secondary N) is 2. The van der Waals surface area contributed by atoms with Crippen molar-refractivity contribution in [3.05, 3.63) is 0 Å². The molecule has 4 nitrogen and oxygen atoms in total. The van der Waals surface area contributed by atoms with Crippen LogP contribution in [0.15, 0.2) is 0 Å². The average molecular weight is 256 g/mol. The molecule has 0 aliphatic rings. The molecule has 0 saturated carbocycles. The van der Waals surface area contributed by atoms with Crippen LogP contribution in [0.4, 0.5) is 13.2 Å². The summed E-state index contributed by atoms with van der Waals surface area (Å²) in [6, 6.07) is -0.148. The van der Waals surface area contributed by atoms with E-state index in [4.69, 9.17) is 4.74 Å². The van der Waals surface area contributed by atoms with Gasteiger partial charge in [-0.05, 0) is 6.42 Å². The third-order valence-electron chi connectivity index (χ3n) is 1.98. The number of alkyl halides is 3. The van der Waals surface area contributed by atoms with Crippen LogP contribution in [-0.2, 0) is 9.53 Å². The van der Waals surface area contributed by atoms with E-state index in [1.165, 1.54) is 7.11 Å². The number of carbonyl (C=O) groups excluding carboxylic acids is 1. The summed E-state index contributed by atoms with van der Waals surface area (Å²) in [5, 5.41) is 4.65. The van der Waals surface area contributed by atoms with Crippen molar-refractivity contribution < 1.29 is 22.7 Å². The normalized spacial score (nSPS) is 13.5. The lowest BCUT2D eigenvalue weighted by atomic mass is 10.2. The molecule has 0 radical (unpaired) electrons. The lowest BCUT2D eigenvalue weighted by Gasteiger charge is -2.17. The summed E-state index contributed by atoms with van der Waals surface area (Å²) in [5.74, 6) is -0.454. The van der Waals surface area contributed by atoms with Crippen molar-refractivity contribution in [2.75, 3.05) is 26.8 Å². The van der Waals surface area contributed by atoms with Crippen molar-refractivity contribution in [3.63, 3.8) is 0 Å². The maximum absolute atomic E-state index is 11.8. The molecule has 0 fully saturated rings. The third-order valence-corrected chi connectivity index (χ3v) is 1.98. The number of carbonyl (C=O) groups is 1. The summed E-state index contributed by atoms with van der Waals surface area (Å²) < 4.78 is 40.3. The third kappa shape index (κ3) is 10.1. The molecule has 0 aliphatic heterocycles. The molecule has 7 heteroatoms. The molecular formula is C10H19F3N2O2. The number of hydrogen-bond acceptors (Lipinski definition) is 3. The van der Waals surface area contributed by atoms with Crippen molar-refractivity contribution in [3.8, 4) is 0 Å². The van der Waals surface area contributed by atoms with Crippen LogP contribution in [0, 0.1) is 0 Å². The highest BCUT2D eigenvalue weighted by Gasteiger charge is 2.26. The fraction of sp³-hybridized carbons (Fsp3) is 0.900. The van der Waals surface area contributed by atoms with E-state index in [0.29, 0.717) is 6.61 Å². The van der Waals surface area contributed by atoms with Crippen molar-refractivity contribution >= 4 is 5.91 Å². The first kappa shape index (κ1) is 16.2. The minimum absolute atomic E-state index is 0.148. The van der Waals surface area contributed by atoms with Gasteiger partial charge < -0.3 is 15.4 Å². The van der Waals surface area contributed by atoms with Gasteiger partial charge in [0.05, 0.1) is 25.7 Å². The van der Waals surface area contributed by atoms with Gasteiger partial charge in [0.2, 0.25) is 5.91 Å². The van der Waals surface area contributed by atoms with Crippen LogP contribution in [0.2, 0.25) is 0 Å². The van der Waals surface area contributed by atoms with Crippen molar-refractivity contribution in [2.45, 2.75) is 32.0 Å². The topological polar surface area (TPSA) is 50.4 Å². The molecule has 0 aromatic rings. The largest absolute Gasteiger partial charge is 0.401 e. The van der Waals surface area contributed by atoms with E-state index in [1.807, 2.05) is 12.2 Å². The molecule has 0 aromatic heterocycles. The number of rotatable bonds is 8. The minimum Gasteiger partial charge on any atom is -0.383 e. The Labute approximate surface area is 98.9 Å². The predicted molar refractivity (Wildman–Crippen MR) is 57.6 cm³/mol. The van der Waals surface area contributed by atoms with Gasteiger partial charge in [-0.15, -0.1) is 0 Å². The fourth-order valence-corrected chi connectivity index (χ4v) is 1.34. The molecule has 0 spiro atoms. The van der Waals surface area contributed by atoms with Crippen LogP contribution in [0.1, 0.15) is 19.8 Å². The van der Waals surface area contributed by atoms with Gasteiger partial charge >= 0.3 is 6.18 Å². The van der Waals surface area contributed by atoms with Gasteiger partial charge in [-0.1, -0.05) is 13.3 Å². The zero-order valence-electron chi connectivity index (χ0n) is 10.1. The Morgan fingerprint density at radius 1 is 1.41 bits per heavy atom. The predicted octanol–water partition coefficient (Wildman–Crippen LogP) is 1.07. The van der Waals surface area contributed by atoms with E-state index in [-0.39, 0.29) is 12.6 Å². The first-order valence-corrected chi connectivity index (χ1v) is 5.44. The highest BCUT2D eigenvalue weighted by molar-refractivity contribution is 5.78. The number of ether oxygens (including phenoxy) is 1. The van der Waals surface area contributed by atoms with Crippen LogP contribution in [0.5, 0.6) is 0 Å². The molecule has 0 saturated heterocycles. The van der Waals surface area contributed by atoms with Crippen LogP contribution < -0.4 is 10.6 Å². The Morgan fingerprint density at radius 3 is 2.53 bits per heavy atom. The van der Waals surface area contributed by atoms with Crippen LogP contribution in [0.3, 0.4) is 0 Å². The second kappa shape index (κ2) is 8.30. The maximum Gasteiger partial charge on any atom is 0.401 e. The van der Waals surface area contributed by atoms with Gasteiger partial charge in [-0.25, -0.2) is 0 Å². The Bertz CT molecular complexity index is 216. The Kier molecular flexibility index (Phi) is 7.90. The molecular weight excluding hydrogens is 237 g/mol. The van der Waals surface area contributed by atoms with E-state index in [0.717, 1.165) is 12.8 Å². The van der Waals surface area contributed by atoms with Gasteiger partial charge in [0.15, 0.2) is 0 Å². The molecule has 102 valence electrons. The number of halogens is 3. The van der Waals surface area contributed by atoms with Gasteiger partial charge in [0.1, 0.15) is 0 Å². The van der Waals surface area contributed by atoms with E-state index in [1.54, 1.807) is 0 Å². The molecule has 1 amide bonds. The van der Waals surface area contributed by atoms with Crippen molar-refractivity contribution in [1.82, 2.24) is 10.6 Å². The summed E-state index contributed by atoms with van der Waals surface area (Å²) in [7, 11) is 1.51. The van der Waals surface area contributed by atoms with E-state index in [9.17, 15) is 18.0 Å². The molecule has 0 aliphatic carbocycles. The number of amides is 1. The number of hydrogen-bond donors (Lipinski definition) is 2. The quantitative estimate of drug-likeness (QED) is 0.683. The van der Waals surface area contributed by atoms with Crippen LogP contribution in [-0.4, -0.2) is 44.9 Å². The summed E-state index contributed by atoms with van der Waals surface area (Å²) in [6.45, 7) is 0.808. The second-order valence-electron chi connectivity index (χ2n) is 3.73. The van der Waals surface area contributed by atoms with E-state index >= 15 is 0 Å². The second-order valence-corrected chi connectivity index (χ2v) is 3.73. The van der Waals surface area contributed by atoms with Crippen molar-refractivity contribution in [2.24, 2.45) is 0 Å². The smallest absolute Gasteiger partial charge is 0.383 e.